The Kier molecular flexibility index (Phi) is 5.00. The molecule has 1 heterocycles. The maximum Gasteiger partial charge on any atom is 0.165 e. The number of benzene rings is 1. The molecule has 112 valence electrons. The predicted octanol–water partition coefficient (Wildman–Crippen LogP) is 3.14. The number of para-hydroxylation sites is 1. The molecule has 1 aliphatic heterocycles. The van der Waals surface area contributed by atoms with E-state index in [2.05, 4.69) is 26.1 Å². The average Bonchev–Trinajstić information content (AvgIpc) is 2.83. The van der Waals surface area contributed by atoms with Crippen LogP contribution in [-0.2, 0) is 4.74 Å². The average molecular weight is 281 g/mol. The molecule has 2 rings (SSSR count). The van der Waals surface area contributed by atoms with E-state index < -0.39 is 0 Å². The first-order valence-electron chi connectivity index (χ1n) is 7.22. The van der Waals surface area contributed by atoms with Crippen LogP contribution >= 0.6 is 0 Å². The fourth-order valence-corrected chi connectivity index (χ4v) is 2.22. The van der Waals surface area contributed by atoms with E-state index >= 15 is 0 Å². The quantitative estimate of drug-likeness (QED) is 0.899. The molecular weight excluding hydrogens is 257 g/mol. The molecule has 2 atom stereocenters. The summed E-state index contributed by atoms with van der Waals surface area (Å²) in [7, 11) is 0. The fraction of sp³-hybridized carbons (Fsp3) is 0.625. The summed E-state index contributed by atoms with van der Waals surface area (Å²) in [5.74, 6) is -0.0242. The van der Waals surface area contributed by atoms with Gasteiger partial charge in [0, 0.05) is 12.1 Å². The van der Waals surface area contributed by atoms with Gasteiger partial charge in [0.25, 0.3) is 0 Å². The minimum atomic E-state index is -0.323. The van der Waals surface area contributed by atoms with Crippen LogP contribution in [-0.4, -0.2) is 30.9 Å². The fourth-order valence-electron chi connectivity index (χ4n) is 2.22. The van der Waals surface area contributed by atoms with Crippen molar-refractivity contribution in [1.82, 2.24) is 5.32 Å². The SMILES string of the molecule is CC(C)(C)NCC1CCC(COc2ccccc2F)O1. The Morgan fingerprint density at radius 1 is 1.25 bits per heavy atom. The molecule has 3 nitrogen and oxygen atoms in total. The molecular formula is C16H24FNO2. The van der Waals surface area contributed by atoms with Crippen LogP contribution in [0.4, 0.5) is 4.39 Å². The van der Waals surface area contributed by atoms with Crippen LogP contribution in [0.5, 0.6) is 5.75 Å². The Morgan fingerprint density at radius 3 is 2.65 bits per heavy atom. The molecule has 0 saturated carbocycles. The molecule has 1 aromatic rings. The van der Waals surface area contributed by atoms with Gasteiger partial charge in [-0.1, -0.05) is 12.1 Å². The molecule has 0 aromatic heterocycles. The summed E-state index contributed by atoms with van der Waals surface area (Å²) in [5.41, 5.74) is 0.102. The molecule has 20 heavy (non-hydrogen) atoms. The molecule has 1 N–H and O–H groups in total. The number of halogens is 1. The molecule has 2 unspecified atom stereocenters. The van der Waals surface area contributed by atoms with Crippen molar-refractivity contribution in [3.05, 3.63) is 30.1 Å². The van der Waals surface area contributed by atoms with Crippen molar-refractivity contribution in [3.63, 3.8) is 0 Å². The van der Waals surface area contributed by atoms with Crippen molar-refractivity contribution < 1.29 is 13.9 Å². The molecule has 4 heteroatoms. The summed E-state index contributed by atoms with van der Waals surface area (Å²) in [5, 5.41) is 3.44. The molecule has 1 saturated heterocycles. The summed E-state index contributed by atoms with van der Waals surface area (Å²) in [6.45, 7) is 7.68. The van der Waals surface area contributed by atoms with Gasteiger partial charge in [-0.2, -0.15) is 0 Å². The Labute approximate surface area is 120 Å². The lowest BCUT2D eigenvalue weighted by atomic mass is 10.1. The van der Waals surface area contributed by atoms with Crippen LogP contribution in [0.3, 0.4) is 0 Å². The molecule has 0 bridgehead atoms. The molecule has 0 radical (unpaired) electrons. The Morgan fingerprint density at radius 2 is 1.95 bits per heavy atom. The standard InChI is InChI=1S/C16H24FNO2/c1-16(2,3)18-10-12-8-9-13(20-12)11-19-15-7-5-4-6-14(15)17/h4-7,12-13,18H,8-11H2,1-3H3. The van der Waals surface area contributed by atoms with Gasteiger partial charge in [-0.25, -0.2) is 4.39 Å². The van der Waals surface area contributed by atoms with Gasteiger partial charge in [-0.15, -0.1) is 0 Å². The number of hydrogen-bond donors (Lipinski definition) is 1. The number of hydrogen-bond acceptors (Lipinski definition) is 3. The number of rotatable bonds is 5. The van der Waals surface area contributed by atoms with Crippen LogP contribution < -0.4 is 10.1 Å². The zero-order valence-corrected chi connectivity index (χ0v) is 12.5. The highest BCUT2D eigenvalue weighted by Gasteiger charge is 2.26. The van der Waals surface area contributed by atoms with Gasteiger partial charge in [0.15, 0.2) is 11.6 Å². The van der Waals surface area contributed by atoms with Gasteiger partial charge in [0.1, 0.15) is 6.61 Å². The maximum absolute atomic E-state index is 13.4. The van der Waals surface area contributed by atoms with E-state index in [1.807, 2.05) is 0 Å². The summed E-state index contributed by atoms with van der Waals surface area (Å²) >= 11 is 0. The van der Waals surface area contributed by atoms with Gasteiger partial charge < -0.3 is 14.8 Å². The number of nitrogens with one attached hydrogen (secondary N) is 1. The van der Waals surface area contributed by atoms with Gasteiger partial charge in [0.2, 0.25) is 0 Å². The Balaban J connectivity index is 1.73. The minimum absolute atomic E-state index is 0.0568. The van der Waals surface area contributed by atoms with Gasteiger partial charge >= 0.3 is 0 Å². The molecule has 0 spiro atoms. The van der Waals surface area contributed by atoms with Crippen molar-refractivity contribution in [2.24, 2.45) is 0 Å². The lowest BCUT2D eigenvalue weighted by Gasteiger charge is -2.23. The van der Waals surface area contributed by atoms with Crippen molar-refractivity contribution in [1.29, 1.82) is 0 Å². The van der Waals surface area contributed by atoms with E-state index in [9.17, 15) is 4.39 Å². The predicted molar refractivity (Wildman–Crippen MR) is 77.5 cm³/mol. The van der Waals surface area contributed by atoms with Crippen LogP contribution in [0.1, 0.15) is 33.6 Å². The molecule has 0 aliphatic carbocycles. The van der Waals surface area contributed by atoms with Crippen LogP contribution in [0, 0.1) is 5.82 Å². The molecule has 0 amide bonds. The lowest BCUT2D eigenvalue weighted by Crippen LogP contribution is -2.41. The second kappa shape index (κ2) is 6.55. The second-order valence-corrected chi connectivity index (χ2v) is 6.33. The largest absolute Gasteiger partial charge is 0.488 e. The Bertz CT molecular complexity index is 431. The Hall–Kier alpha value is -1.13. The summed E-state index contributed by atoms with van der Waals surface area (Å²) in [6, 6.07) is 6.47. The highest BCUT2D eigenvalue weighted by atomic mass is 19.1. The highest BCUT2D eigenvalue weighted by Crippen LogP contribution is 2.22. The monoisotopic (exact) mass is 281 g/mol. The maximum atomic E-state index is 13.4. The smallest absolute Gasteiger partial charge is 0.165 e. The van der Waals surface area contributed by atoms with Gasteiger partial charge in [0.05, 0.1) is 12.2 Å². The first-order valence-corrected chi connectivity index (χ1v) is 7.22. The summed E-state index contributed by atoms with van der Waals surface area (Å²) in [4.78, 5) is 0. The van der Waals surface area contributed by atoms with Crippen LogP contribution in [0.2, 0.25) is 0 Å². The third-order valence-electron chi connectivity index (χ3n) is 3.32. The molecule has 1 fully saturated rings. The van der Waals surface area contributed by atoms with Gasteiger partial charge in [-0.3, -0.25) is 0 Å². The highest BCUT2D eigenvalue weighted by molar-refractivity contribution is 5.23. The molecule has 1 aromatic carbocycles. The van der Waals surface area contributed by atoms with Crippen molar-refractivity contribution >= 4 is 0 Å². The van der Waals surface area contributed by atoms with E-state index in [1.165, 1.54) is 6.07 Å². The van der Waals surface area contributed by atoms with Crippen LogP contribution in [0.25, 0.3) is 0 Å². The first-order chi connectivity index (χ1) is 9.44. The minimum Gasteiger partial charge on any atom is -0.488 e. The molecule has 1 aliphatic rings. The topological polar surface area (TPSA) is 30.5 Å². The normalized spacial score (nSPS) is 23.0. The summed E-state index contributed by atoms with van der Waals surface area (Å²) in [6.07, 6.45) is 2.27. The van der Waals surface area contributed by atoms with Gasteiger partial charge in [-0.05, 0) is 45.7 Å². The van der Waals surface area contributed by atoms with E-state index in [0.29, 0.717) is 12.4 Å². The van der Waals surface area contributed by atoms with Crippen molar-refractivity contribution in [2.45, 2.75) is 51.4 Å². The zero-order chi connectivity index (χ0) is 14.6. The van der Waals surface area contributed by atoms with E-state index in [-0.39, 0.29) is 23.6 Å². The van der Waals surface area contributed by atoms with Crippen LogP contribution in [0.15, 0.2) is 24.3 Å². The third-order valence-corrected chi connectivity index (χ3v) is 3.32. The third kappa shape index (κ3) is 4.76. The zero-order valence-electron chi connectivity index (χ0n) is 12.5. The first kappa shape index (κ1) is 15.3. The lowest BCUT2D eigenvalue weighted by molar-refractivity contribution is 0.0154. The summed E-state index contributed by atoms with van der Waals surface area (Å²) < 4.78 is 24.8. The number of ether oxygens (including phenoxy) is 2. The van der Waals surface area contributed by atoms with Crippen molar-refractivity contribution in [3.8, 4) is 5.75 Å². The van der Waals surface area contributed by atoms with E-state index in [1.54, 1.807) is 18.2 Å². The van der Waals surface area contributed by atoms with E-state index in [0.717, 1.165) is 19.4 Å². The second-order valence-electron chi connectivity index (χ2n) is 6.33. The van der Waals surface area contributed by atoms with E-state index in [4.69, 9.17) is 9.47 Å². The van der Waals surface area contributed by atoms with Crippen molar-refractivity contribution in [2.75, 3.05) is 13.2 Å².